The summed E-state index contributed by atoms with van der Waals surface area (Å²) < 4.78 is 44.0. The molecule has 1 aliphatic heterocycles. The van der Waals surface area contributed by atoms with Gasteiger partial charge in [-0.1, -0.05) is 0 Å². The van der Waals surface area contributed by atoms with Crippen molar-refractivity contribution >= 4 is 22.8 Å². The SMILES string of the molecule is C[C@@H]1[C@@H]2[C@@H](N)[C@@H]2CN1c1nc2c(cc1F)c(=O)c(C(=O)O)cn2-c1ccc(F)cc1F. The van der Waals surface area contributed by atoms with E-state index in [-0.39, 0.29) is 46.5 Å². The minimum atomic E-state index is -1.56. The fourth-order valence-electron chi connectivity index (χ4n) is 4.66. The minimum absolute atomic E-state index is 0.0295. The molecule has 2 aliphatic rings. The third-order valence-electron chi connectivity index (χ3n) is 6.33. The Morgan fingerprint density at radius 3 is 2.58 bits per heavy atom. The number of benzene rings is 1. The Kier molecular flexibility index (Phi) is 4.13. The molecule has 4 atom stereocenters. The Morgan fingerprint density at radius 2 is 1.97 bits per heavy atom. The molecule has 1 aliphatic carbocycles. The average Bonchev–Trinajstić information content (AvgIpc) is 3.20. The van der Waals surface area contributed by atoms with E-state index in [1.807, 2.05) is 6.92 Å². The van der Waals surface area contributed by atoms with Crippen LogP contribution >= 0.6 is 0 Å². The monoisotopic (exact) mass is 430 g/mol. The van der Waals surface area contributed by atoms with Crippen LogP contribution in [0.3, 0.4) is 0 Å². The average molecular weight is 430 g/mol. The number of hydrogen-bond acceptors (Lipinski definition) is 5. The van der Waals surface area contributed by atoms with E-state index >= 15 is 4.39 Å². The molecule has 0 unspecified atom stereocenters. The summed E-state index contributed by atoms with van der Waals surface area (Å²) in [7, 11) is 0. The minimum Gasteiger partial charge on any atom is -0.477 e. The van der Waals surface area contributed by atoms with Crippen molar-refractivity contribution in [2.75, 3.05) is 11.4 Å². The maximum atomic E-state index is 15.0. The maximum absolute atomic E-state index is 15.0. The van der Waals surface area contributed by atoms with E-state index in [0.717, 1.165) is 29.0 Å². The zero-order valence-corrected chi connectivity index (χ0v) is 16.2. The third-order valence-corrected chi connectivity index (χ3v) is 6.33. The van der Waals surface area contributed by atoms with Crippen molar-refractivity contribution in [1.29, 1.82) is 0 Å². The van der Waals surface area contributed by atoms with E-state index in [1.54, 1.807) is 4.90 Å². The molecule has 0 radical (unpaired) electrons. The highest BCUT2D eigenvalue weighted by molar-refractivity contribution is 5.92. The number of carboxylic acids is 1. The van der Waals surface area contributed by atoms with Crippen LogP contribution in [0.25, 0.3) is 16.7 Å². The summed E-state index contributed by atoms with van der Waals surface area (Å²) in [5, 5.41) is 9.08. The van der Waals surface area contributed by atoms with Gasteiger partial charge in [-0.3, -0.25) is 9.36 Å². The van der Waals surface area contributed by atoms with E-state index in [4.69, 9.17) is 5.73 Å². The van der Waals surface area contributed by atoms with E-state index < -0.39 is 34.4 Å². The predicted octanol–water partition coefficient (Wildman–Crippen LogP) is 2.28. The number of hydrogen-bond donors (Lipinski definition) is 2. The van der Waals surface area contributed by atoms with Gasteiger partial charge < -0.3 is 15.7 Å². The fourth-order valence-corrected chi connectivity index (χ4v) is 4.66. The van der Waals surface area contributed by atoms with Crippen LogP contribution in [0.1, 0.15) is 17.3 Å². The molecule has 10 heteroatoms. The smallest absolute Gasteiger partial charge is 0.341 e. The van der Waals surface area contributed by atoms with Crippen LogP contribution < -0.4 is 16.1 Å². The van der Waals surface area contributed by atoms with E-state index in [9.17, 15) is 23.5 Å². The van der Waals surface area contributed by atoms with Gasteiger partial charge in [-0.05, 0) is 31.0 Å². The van der Waals surface area contributed by atoms with Gasteiger partial charge in [0.05, 0.1) is 11.1 Å². The molecule has 3 N–H and O–H groups in total. The topological polar surface area (TPSA) is 101 Å². The zero-order chi connectivity index (χ0) is 22.2. The van der Waals surface area contributed by atoms with Crippen LogP contribution in [0.4, 0.5) is 19.0 Å². The number of carboxylic acid groups (broad SMARTS) is 1. The van der Waals surface area contributed by atoms with Gasteiger partial charge in [-0.2, -0.15) is 0 Å². The van der Waals surface area contributed by atoms with E-state index in [2.05, 4.69) is 4.98 Å². The van der Waals surface area contributed by atoms with Gasteiger partial charge in [0, 0.05) is 36.8 Å². The van der Waals surface area contributed by atoms with Gasteiger partial charge in [-0.25, -0.2) is 22.9 Å². The lowest BCUT2D eigenvalue weighted by molar-refractivity contribution is 0.0695. The molecular formula is C21H17F3N4O3. The van der Waals surface area contributed by atoms with Gasteiger partial charge in [0.2, 0.25) is 5.43 Å². The Morgan fingerprint density at radius 1 is 1.23 bits per heavy atom. The molecule has 31 heavy (non-hydrogen) atoms. The van der Waals surface area contributed by atoms with Crippen LogP contribution in [0.5, 0.6) is 0 Å². The summed E-state index contributed by atoms with van der Waals surface area (Å²) in [6, 6.07) is 3.60. The summed E-state index contributed by atoms with van der Waals surface area (Å²) in [6.07, 6.45) is 0.915. The number of pyridine rings is 2. The Hall–Kier alpha value is -3.40. The number of anilines is 1. The molecular weight excluding hydrogens is 413 g/mol. The fraction of sp³-hybridized carbons (Fsp3) is 0.286. The highest BCUT2D eigenvalue weighted by Crippen LogP contribution is 2.49. The predicted molar refractivity (Wildman–Crippen MR) is 106 cm³/mol. The quantitative estimate of drug-likeness (QED) is 0.661. The largest absolute Gasteiger partial charge is 0.477 e. The van der Waals surface area contributed by atoms with Crippen molar-refractivity contribution in [2.24, 2.45) is 17.6 Å². The number of rotatable bonds is 3. The standard InChI is InChI=1S/C21H17F3N4O3/c1-8-16-11(17(16)25)6-27(8)20-14(24)5-10-18(29)12(21(30)31)7-28(19(10)26-20)15-3-2-9(22)4-13(15)23/h2-5,7-8,11,16-17H,6,25H2,1H3,(H,30,31)/t8-,11-,16+,17+/m1/s1. The molecule has 2 aromatic heterocycles. The molecule has 0 amide bonds. The first kappa shape index (κ1) is 19.6. The second kappa shape index (κ2) is 6.55. The van der Waals surface area contributed by atoms with E-state index in [0.29, 0.717) is 12.6 Å². The first-order valence-corrected chi connectivity index (χ1v) is 9.66. The molecule has 0 spiro atoms. The molecule has 7 nitrogen and oxygen atoms in total. The van der Waals surface area contributed by atoms with Crippen LogP contribution in [-0.4, -0.2) is 39.3 Å². The number of nitrogens with zero attached hydrogens (tertiary/aromatic N) is 3. The Labute approximate surface area is 173 Å². The summed E-state index contributed by atoms with van der Waals surface area (Å²) in [4.78, 5) is 30.3. The number of halogens is 3. The van der Waals surface area contributed by atoms with Crippen molar-refractivity contribution in [3.8, 4) is 5.69 Å². The molecule has 3 heterocycles. The van der Waals surface area contributed by atoms with Crippen molar-refractivity contribution in [3.05, 3.63) is 63.7 Å². The number of carbonyl (C=O) groups is 1. The van der Waals surface area contributed by atoms with Gasteiger partial charge in [0.1, 0.15) is 17.2 Å². The normalized spacial score (nSPS) is 24.5. The molecule has 2 fully saturated rings. The molecule has 1 aromatic carbocycles. The Balaban J connectivity index is 1.77. The zero-order valence-electron chi connectivity index (χ0n) is 16.2. The number of aromatic nitrogens is 2. The molecule has 160 valence electrons. The first-order valence-electron chi connectivity index (χ1n) is 9.66. The van der Waals surface area contributed by atoms with Crippen molar-refractivity contribution in [2.45, 2.75) is 19.0 Å². The molecule has 1 saturated heterocycles. The lowest BCUT2D eigenvalue weighted by Gasteiger charge is -2.27. The van der Waals surface area contributed by atoms with E-state index in [1.165, 1.54) is 0 Å². The Bertz CT molecular complexity index is 1330. The molecule has 1 saturated carbocycles. The number of piperidine rings is 1. The van der Waals surface area contributed by atoms with Crippen molar-refractivity contribution in [1.82, 2.24) is 9.55 Å². The van der Waals surface area contributed by atoms with Crippen LogP contribution in [0, 0.1) is 29.3 Å². The van der Waals surface area contributed by atoms with Crippen LogP contribution in [0.15, 0.2) is 35.3 Å². The third kappa shape index (κ3) is 2.82. The maximum Gasteiger partial charge on any atom is 0.341 e. The van der Waals surface area contributed by atoms with Gasteiger partial charge in [-0.15, -0.1) is 0 Å². The summed E-state index contributed by atoms with van der Waals surface area (Å²) in [6.45, 7) is 2.40. The number of fused-ring (bicyclic) bond motifs is 2. The second-order valence-electron chi connectivity index (χ2n) is 8.02. The first-order chi connectivity index (χ1) is 14.7. The number of nitrogens with two attached hydrogens (primary N) is 1. The van der Waals surface area contributed by atoms with Crippen LogP contribution in [-0.2, 0) is 0 Å². The second-order valence-corrected chi connectivity index (χ2v) is 8.02. The summed E-state index contributed by atoms with van der Waals surface area (Å²) in [5.41, 5.74) is 4.02. The molecule has 3 aromatic rings. The lowest BCUT2D eigenvalue weighted by atomic mass is 10.1. The van der Waals surface area contributed by atoms with Crippen LogP contribution in [0.2, 0.25) is 0 Å². The van der Waals surface area contributed by atoms with Crippen molar-refractivity contribution < 1.29 is 23.1 Å². The van der Waals surface area contributed by atoms with Gasteiger partial charge in [0.15, 0.2) is 17.3 Å². The number of aromatic carboxylic acids is 1. The van der Waals surface area contributed by atoms with Crippen molar-refractivity contribution in [3.63, 3.8) is 0 Å². The lowest BCUT2D eigenvalue weighted by Crippen LogP contribution is -2.36. The summed E-state index contributed by atoms with van der Waals surface area (Å²) >= 11 is 0. The highest BCUT2D eigenvalue weighted by Gasteiger charge is 2.58. The van der Waals surface area contributed by atoms with Gasteiger partial charge in [0.25, 0.3) is 0 Å². The molecule has 0 bridgehead atoms. The molecule has 5 rings (SSSR count). The summed E-state index contributed by atoms with van der Waals surface area (Å²) in [5.74, 6) is -3.77. The highest BCUT2D eigenvalue weighted by atomic mass is 19.1. The van der Waals surface area contributed by atoms with Gasteiger partial charge >= 0.3 is 5.97 Å².